The lowest BCUT2D eigenvalue weighted by Crippen LogP contribution is -2.46. The van der Waals surface area contributed by atoms with E-state index in [0.29, 0.717) is 24.7 Å². The summed E-state index contributed by atoms with van der Waals surface area (Å²) in [7, 11) is 0. The van der Waals surface area contributed by atoms with E-state index in [9.17, 15) is 4.79 Å². The minimum Gasteiger partial charge on any atom is -0.377 e. The highest BCUT2D eigenvalue weighted by atomic mass is 16.5. The maximum atomic E-state index is 12.4. The van der Waals surface area contributed by atoms with E-state index in [-0.39, 0.29) is 5.91 Å². The number of rotatable bonds is 7. The SMILES string of the molecule is O=C(CNCC1CCCO1)N(CC1CCCN1)C1CC1. The van der Waals surface area contributed by atoms with Crippen LogP contribution in [0.5, 0.6) is 0 Å². The fourth-order valence-corrected chi connectivity index (χ4v) is 3.24. The van der Waals surface area contributed by atoms with Crippen LogP contribution in [0.1, 0.15) is 38.5 Å². The zero-order chi connectivity index (χ0) is 13.8. The summed E-state index contributed by atoms with van der Waals surface area (Å²) in [4.78, 5) is 14.5. The molecule has 0 radical (unpaired) electrons. The Morgan fingerprint density at radius 3 is 2.80 bits per heavy atom. The molecule has 2 unspecified atom stereocenters. The molecule has 2 saturated heterocycles. The number of amides is 1. The van der Waals surface area contributed by atoms with Gasteiger partial charge in [-0.25, -0.2) is 0 Å². The molecule has 2 N–H and O–H groups in total. The molecule has 5 nitrogen and oxygen atoms in total. The Kier molecular flexibility index (Phi) is 4.91. The highest BCUT2D eigenvalue weighted by molar-refractivity contribution is 5.79. The van der Waals surface area contributed by atoms with Crippen molar-refractivity contribution in [1.82, 2.24) is 15.5 Å². The molecule has 3 aliphatic rings. The van der Waals surface area contributed by atoms with Gasteiger partial charge in [0, 0.05) is 31.8 Å². The topological polar surface area (TPSA) is 53.6 Å². The van der Waals surface area contributed by atoms with Gasteiger partial charge in [-0.1, -0.05) is 0 Å². The highest BCUT2D eigenvalue weighted by Crippen LogP contribution is 2.27. The van der Waals surface area contributed by atoms with Crippen molar-refractivity contribution in [2.45, 2.75) is 56.7 Å². The van der Waals surface area contributed by atoms with Gasteiger partial charge in [-0.3, -0.25) is 4.79 Å². The summed E-state index contributed by atoms with van der Waals surface area (Å²) in [6.07, 6.45) is 7.42. The van der Waals surface area contributed by atoms with Gasteiger partial charge in [-0.05, 0) is 45.1 Å². The number of carbonyl (C=O) groups is 1. The largest absolute Gasteiger partial charge is 0.377 e. The van der Waals surface area contributed by atoms with Crippen molar-refractivity contribution in [3.63, 3.8) is 0 Å². The van der Waals surface area contributed by atoms with Gasteiger partial charge in [0.1, 0.15) is 0 Å². The third kappa shape index (κ3) is 3.93. The zero-order valence-corrected chi connectivity index (χ0v) is 12.3. The number of hydrogen-bond donors (Lipinski definition) is 2. The molecule has 3 fully saturated rings. The molecule has 0 aromatic rings. The molecule has 3 rings (SSSR count). The lowest BCUT2D eigenvalue weighted by molar-refractivity contribution is -0.131. The quantitative estimate of drug-likeness (QED) is 0.713. The van der Waals surface area contributed by atoms with Crippen LogP contribution < -0.4 is 10.6 Å². The van der Waals surface area contributed by atoms with Crippen molar-refractivity contribution in [2.75, 3.05) is 32.8 Å². The van der Waals surface area contributed by atoms with Crippen LogP contribution in [0.3, 0.4) is 0 Å². The Hall–Kier alpha value is -0.650. The Morgan fingerprint density at radius 2 is 2.15 bits per heavy atom. The first-order valence-electron chi connectivity index (χ1n) is 8.18. The van der Waals surface area contributed by atoms with E-state index in [2.05, 4.69) is 15.5 Å². The molecular formula is C15H27N3O2. The standard InChI is InChI=1S/C15H27N3O2/c19-15(10-16-9-14-4-2-8-20-14)18(13-5-6-13)11-12-3-1-7-17-12/h12-14,16-17H,1-11H2. The predicted molar refractivity (Wildman–Crippen MR) is 77.6 cm³/mol. The molecule has 2 atom stereocenters. The molecule has 114 valence electrons. The third-order valence-electron chi connectivity index (χ3n) is 4.56. The predicted octanol–water partition coefficient (Wildman–Crippen LogP) is 0.498. The molecule has 0 bridgehead atoms. The van der Waals surface area contributed by atoms with Gasteiger partial charge in [-0.2, -0.15) is 0 Å². The summed E-state index contributed by atoms with van der Waals surface area (Å²) < 4.78 is 5.57. The van der Waals surface area contributed by atoms with E-state index in [0.717, 1.165) is 39.1 Å². The van der Waals surface area contributed by atoms with Gasteiger partial charge in [0.05, 0.1) is 12.6 Å². The summed E-state index contributed by atoms with van der Waals surface area (Å²) in [5, 5.41) is 6.77. The molecule has 1 amide bonds. The summed E-state index contributed by atoms with van der Waals surface area (Å²) in [5.74, 6) is 0.263. The molecule has 5 heteroatoms. The van der Waals surface area contributed by atoms with Crippen LogP contribution in [-0.2, 0) is 9.53 Å². The molecule has 20 heavy (non-hydrogen) atoms. The fourth-order valence-electron chi connectivity index (χ4n) is 3.24. The minimum absolute atomic E-state index is 0.263. The number of hydrogen-bond acceptors (Lipinski definition) is 4. The number of ether oxygens (including phenoxy) is 1. The van der Waals surface area contributed by atoms with E-state index in [1.165, 1.54) is 25.7 Å². The van der Waals surface area contributed by atoms with Gasteiger partial charge in [0.25, 0.3) is 0 Å². The minimum atomic E-state index is 0.263. The van der Waals surface area contributed by atoms with E-state index < -0.39 is 0 Å². The molecular weight excluding hydrogens is 254 g/mol. The number of carbonyl (C=O) groups excluding carboxylic acids is 1. The van der Waals surface area contributed by atoms with Crippen LogP contribution in [0.2, 0.25) is 0 Å². The average molecular weight is 281 g/mol. The van der Waals surface area contributed by atoms with Gasteiger partial charge >= 0.3 is 0 Å². The van der Waals surface area contributed by atoms with Crippen LogP contribution in [0.25, 0.3) is 0 Å². The van der Waals surface area contributed by atoms with Crippen LogP contribution >= 0.6 is 0 Å². The first-order valence-corrected chi connectivity index (χ1v) is 8.18. The van der Waals surface area contributed by atoms with Crippen molar-refractivity contribution in [3.05, 3.63) is 0 Å². The van der Waals surface area contributed by atoms with Crippen molar-refractivity contribution in [1.29, 1.82) is 0 Å². The Bertz CT molecular complexity index is 321. The molecule has 0 spiro atoms. The second kappa shape index (κ2) is 6.87. The van der Waals surface area contributed by atoms with Crippen molar-refractivity contribution in [2.24, 2.45) is 0 Å². The Balaban J connectivity index is 1.40. The van der Waals surface area contributed by atoms with Crippen LogP contribution in [-0.4, -0.2) is 61.8 Å². The summed E-state index contributed by atoms with van der Waals surface area (Å²) in [5.41, 5.74) is 0. The smallest absolute Gasteiger partial charge is 0.236 e. The maximum Gasteiger partial charge on any atom is 0.236 e. The lowest BCUT2D eigenvalue weighted by Gasteiger charge is -2.26. The summed E-state index contributed by atoms with van der Waals surface area (Å²) in [6.45, 7) is 4.15. The second-order valence-electron chi connectivity index (χ2n) is 6.34. The average Bonchev–Trinajstić information content (AvgIpc) is 2.93. The molecule has 1 saturated carbocycles. The number of nitrogens with one attached hydrogen (secondary N) is 2. The third-order valence-corrected chi connectivity index (χ3v) is 4.56. The lowest BCUT2D eigenvalue weighted by atomic mass is 10.2. The first-order chi connectivity index (χ1) is 9.83. The maximum absolute atomic E-state index is 12.4. The van der Waals surface area contributed by atoms with Crippen molar-refractivity contribution < 1.29 is 9.53 Å². The molecule has 0 aromatic carbocycles. The second-order valence-corrected chi connectivity index (χ2v) is 6.34. The summed E-state index contributed by atoms with van der Waals surface area (Å²) in [6, 6.07) is 1.02. The van der Waals surface area contributed by atoms with E-state index in [4.69, 9.17) is 4.74 Å². The van der Waals surface area contributed by atoms with Crippen LogP contribution in [0.15, 0.2) is 0 Å². The van der Waals surface area contributed by atoms with Gasteiger partial charge in [0.15, 0.2) is 0 Å². The van der Waals surface area contributed by atoms with Gasteiger partial charge in [0.2, 0.25) is 5.91 Å². The zero-order valence-electron chi connectivity index (χ0n) is 12.3. The van der Waals surface area contributed by atoms with E-state index in [1.54, 1.807) is 0 Å². The Morgan fingerprint density at radius 1 is 1.25 bits per heavy atom. The van der Waals surface area contributed by atoms with Crippen LogP contribution in [0, 0.1) is 0 Å². The van der Waals surface area contributed by atoms with E-state index in [1.807, 2.05) is 0 Å². The van der Waals surface area contributed by atoms with E-state index >= 15 is 0 Å². The first kappa shape index (κ1) is 14.3. The van der Waals surface area contributed by atoms with Crippen molar-refractivity contribution >= 4 is 5.91 Å². The molecule has 1 aliphatic carbocycles. The van der Waals surface area contributed by atoms with Gasteiger partial charge in [-0.15, -0.1) is 0 Å². The van der Waals surface area contributed by atoms with Gasteiger partial charge < -0.3 is 20.3 Å². The highest BCUT2D eigenvalue weighted by Gasteiger charge is 2.34. The summed E-state index contributed by atoms with van der Waals surface area (Å²) >= 11 is 0. The monoisotopic (exact) mass is 281 g/mol. The fraction of sp³-hybridized carbons (Fsp3) is 0.933. The number of nitrogens with zero attached hydrogens (tertiary/aromatic N) is 1. The molecule has 2 heterocycles. The molecule has 0 aromatic heterocycles. The molecule has 2 aliphatic heterocycles. The van der Waals surface area contributed by atoms with Crippen LogP contribution in [0.4, 0.5) is 0 Å². The van der Waals surface area contributed by atoms with Crippen molar-refractivity contribution in [3.8, 4) is 0 Å². The Labute approximate surface area is 121 Å². The normalized spacial score (nSPS) is 29.8.